The molecule has 1 aliphatic heterocycles. The van der Waals surface area contributed by atoms with Crippen LogP contribution in [0.4, 0.5) is 0 Å². The summed E-state index contributed by atoms with van der Waals surface area (Å²) < 4.78 is 9.94. The van der Waals surface area contributed by atoms with Crippen LogP contribution in [0.2, 0.25) is 0 Å². The number of methoxy groups -OCH3 is 1. The van der Waals surface area contributed by atoms with Crippen LogP contribution in [0.5, 0.6) is 0 Å². The van der Waals surface area contributed by atoms with Crippen LogP contribution in [0.25, 0.3) is 11.1 Å². The topological polar surface area (TPSA) is 72.6 Å². The van der Waals surface area contributed by atoms with Crippen molar-refractivity contribution >= 4 is 23.0 Å². The Bertz CT molecular complexity index is 679. The molecule has 1 unspecified atom stereocenters. The first-order chi connectivity index (χ1) is 10.2. The van der Waals surface area contributed by atoms with Crippen LogP contribution in [0.15, 0.2) is 29.0 Å². The Hall–Kier alpha value is -2.37. The number of amides is 1. The van der Waals surface area contributed by atoms with E-state index in [0.717, 1.165) is 12.8 Å². The second-order valence-corrected chi connectivity index (χ2v) is 5.15. The molecule has 0 N–H and O–H groups in total. The molecule has 2 aromatic rings. The van der Waals surface area contributed by atoms with Crippen molar-refractivity contribution < 1.29 is 18.7 Å². The lowest BCUT2D eigenvalue weighted by Crippen LogP contribution is -2.42. The lowest BCUT2D eigenvalue weighted by molar-refractivity contribution is -0.146. The molecule has 1 fully saturated rings. The first-order valence-electron chi connectivity index (χ1n) is 6.89. The largest absolute Gasteiger partial charge is 0.469 e. The molecule has 0 aliphatic carbocycles. The summed E-state index contributed by atoms with van der Waals surface area (Å²) in [6.45, 7) is 1.06. The molecule has 21 heavy (non-hydrogen) atoms. The van der Waals surface area contributed by atoms with Gasteiger partial charge in [-0.1, -0.05) is 0 Å². The van der Waals surface area contributed by atoms with Gasteiger partial charge in [-0.05, 0) is 31.0 Å². The Morgan fingerprint density at radius 2 is 2.29 bits per heavy atom. The molecule has 1 amide bonds. The van der Waals surface area contributed by atoms with Crippen molar-refractivity contribution in [2.75, 3.05) is 20.2 Å². The number of nitrogens with zero attached hydrogens (tertiary/aromatic N) is 2. The zero-order valence-electron chi connectivity index (χ0n) is 11.7. The van der Waals surface area contributed by atoms with Crippen LogP contribution in [0, 0.1) is 5.92 Å². The van der Waals surface area contributed by atoms with Crippen LogP contribution in [0.1, 0.15) is 23.2 Å². The second-order valence-electron chi connectivity index (χ2n) is 5.15. The number of ether oxygens (including phenoxy) is 1. The molecule has 0 spiro atoms. The highest BCUT2D eigenvalue weighted by molar-refractivity contribution is 5.97. The summed E-state index contributed by atoms with van der Waals surface area (Å²) >= 11 is 0. The Balaban J connectivity index is 1.78. The molecule has 1 aromatic carbocycles. The van der Waals surface area contributed by atoms with Gasteiger partial charge in [0.25, 0.3) is 5.91 Å². The second kappa shape index (κ2) is 5.55. The van der Waals surface area contributed by atoms with Crippen molar-refractivity contribution in [3.63, 3.8) is 0 Å². The lowest BCUT2D eigenvalue weighted by atomic mass is 9.97. The minimum Gasteiger partial charge on any atom is -0.469 e. The highest BCUT2D eigenvalue weighted by atomic mass is 16.5. The number of esters is 1. The van der Waals surface area contributed by atoms with E-state index in [1.807, 2.05) is 0 Å². The van der Waals surface area contributed by atoms with E-state index in [-0.39, 0.29) is 17.8 Å². The van der Waals surface area contributed by atoms with Crippen molar-refractivity contribution in [3.05, 3.63) is 30.2 Å². The highest BCUT2D eigenvalue weighted by Gasteiger charge is 2.29. The first-order valence-corrected chi connectivity index (χ1v) is 6.89. The summed E-state index contributed by atoms with van der Waals surface area (Å²) in [5, 5.41) is 0. The van der Waals surface area contributed by atoms with E-state index in [2.05, 4.69) is 4.98 Å². The molecule has 0 radical (unpaired) electrons. The number of fused-ring (bicyclic) bond motifs is 1. The predicted octanol–water partition coefficient (Wildman–Crippen LogP) is 1.85. The van der Waals surface area contributed by atoms with E-state index in [0.29, 0.717) is 29.8 Å². The van der Waals surface area contributed by atoms with Crippen molar-refractivity contribution in [1.82, 2.24) is 9.88 Å². The summed E-state index contributed by atoms with van der Waals surface area (Å²) in [4.78, 5) is 29.9. The number of oxazole rings is 1. The van der Waals surface area contributed by atoms with Crippen molar-refractivity contribution in [2.45, 2.75) is 12.8 Å². The Morgan fingerprint density at radius 1 is 1.43 bits per heavy atom. The molecule has 0 bridgehead atoms. The number of hydrogen-bond donors (Lipinski definition) is 0. The fourth-order valence-corrected chi connectivity index (χ4v) is 2.69. The Labute approximate surface area is 121 Å². The first kappa shape index (κ1) is 13.6. The molecule has 1 aliphatic rings. The van der Waals surface area contributed by atoms with Gasteiger partial charge < -0.3 is 14.1 Å². The lowest BCUT2D eigenvalue weighted by Gasteiger charge is -2.31. The van der Waals surface area contributed by atoms with Gasteiger partial charge in [0.05, 0.1) is 13.0 Å². The van der Waals surface area contributed by atoms with Gasteiger partial charge in [-0.25, -0.2) is 4.98 Å². The molecule has 6 heteroatoms. The maximum Gasteiger partial charge on any atom is 0.310 e. The number of rotatable bonds is 2. The molecular formula is C15H16N2O4. The summed E-state index contributed by atoms with van der Waals surface area (Å²) in [6, 6.07) is 5.16. The van der Waals surface area contributed by atoms with Crippen molar-refractivity contribution in [3.8, 4) is 0 Å². The minimum absolute atomic E-state index is 0.0893. The van der Waals surface area contributed by atoms with E-state index in [1.165, 1.54) is 13.5 Å². The molecule has 2 heterocycles. The van der Waals surface area contributed by atoms with Crippen molar-refractivity contribution in [1.29, 1.82) is 0 Å². The third kappa shape index (κ3) is 2.61. The zero-order valence-corrected chi connectivity index (χ0v) is 11.7. The van der Waals surface area contributed by atoms with Gasteiger partial charge in [0, 0.05) is 18.7 Å². The van der Waals surface area contributed by atoms with E-state index < -0.39 is 0 Å². The zero-order chi connectivity index (χ0) is 14.8. The number of likely N-dealkylation sites (tertiary alicyclic amines) is 1. The Morgan fingerprint density at radius 3 is 3.10 bits per heavy atom. The number of hydrogen-bond acceptors (Lipinski definition) is 5. The summed E-state index contributed by atoms with van der Waals surface area (Å²) in [5.74, 6) is -0.573. The number of benzene rings is 1. The van der Waals surface area contributed by atoms with E-state index in [4.69, 9.17) is 9.15 Å². The van der Waals surface area contributed by atoms with Crippen LogP contribution in [-0.4, -0.2) is 42.0 Å². The standard InChI is InChI=1S/C15H16N2O4/c1-20-15(19)11-3-2-6-17(8-11)14(18)10-4-5-13-12(7-10)16-9-21-13/h4-5,7,9,11H,2-3,6,8H2,1H3. The fourth-order valence-electron chi connectivity index (χ4n) is 2.69. The molecule has 6 nitrogen and oxygen atoms in total. The molecule has 1 saturated heterocycles. The van der Waals surface area contributed by atoms with E-state index in [9.17, 15) is 9.59 Å². The quantitative estimate of drug-likeness (QED) is 0.789. The van der Waals surface area contributed by atoms with Crippen LogP contribution < -0.4 is 0 Å². The van der Waals surface area contributed by atoms with Gasteiger partial charge in [0.1, 0.15) is 5.52 Å². The van der Waals surface area contributed by atoms with Gasteiger partial charge in [0.2, 0.25) is 0 Å². The number of aromatic nitrogens is 1. The van der Waals surface area contributed by atoms with Crippen LogP contribution in [0.3, 0.4) is 0 Å². The van der Waals surface area contributed by atoms with Crippen molar-refractivity contribution in [2.24, 2.45) is 5.92 Å². The van der Waals surface area contributed by atoms with Gasteiger partial charge >= 0.3 is 5.97 Å². The average molecular weight is 288 g/mol. The van der Waals surface area contributed by atoms with Gasteiger partial charge in [0.15, 0.2) is 12.0 Å². The third-order valence-electron chi connectivity index (χ3n) is 3.82. The molecule has 1 aromatic heterocycles. The summed E-state index contributed by atoms with van der Waals surface area (Å²) in [5.41, 5.74) is 1.86. The number of carbonyl (C=O) groups excluding carboxylic acids is 2. The van der Waals surface area contributed by atoms with E-state index >= 15 is 0 Å². The predicted molar refractivity (Wildman–Crippen MR) is 74.7 cm³/mol. The summed E-state index contributed by atoms with van der Waals surface area (Å²) in [6.07, 6.45) is 2.92. The molecule has 0 saturated carbocycles. The normalized spacial score (nSPS) is 18.7. The summed E-state index contributed by atoms with van der Waals surface area (Å²) in [7, 11) is 1.38. The molecule has 110 valence electrons. The number of carbonyl (C=O) groups is 2. The number of piperidine rings is 1. The third-order valence-corrected chi connectivity index (χ3v) is 3.82. The maximum absolute atomic E-state index is 12.5. The van der Waals surface area contributed by atoms with E-state index in [1.54, 1.807) is 23.1 Å². The van der Waals surface area contributed by atoms with Gasteiger partial charge in [-0.3, -0.25) is 9.59 Å². The van der Waals surface area contributed by atoms with Crippen LogP contribution in [-0.2, 0) is 9.53 Å². The average Bonchev–Trinajstić information content (AvgIpc) is 3.01. The SMILES string of the molecule is COC(=O)C1CCCN(C(=O)c2ccc3ocnc3c2)C1. The molecule has 3 rings (SSSR count). The molecular weight excluding hydrogens is 272 g/mol. The maximum atomic E-state index is 12.5. The molecule has 1 atom stereocenters. The minimum atomic E-state index is -0.251. The Kier molecular flexibility index (Phi) is 3.60. The van der Waals surface area contributed by atoms with Gasteiger partial charge in [-0.15, -0.1) is 0 Å². The smallest absolute Gasteiger partial charge is 0.310 e. The monoisotopic (exact) mass is 288 g/mol. The van der Waals surface area contributed by atoms with Crippen LogP contribution >= 0.6 is 0 Å². The highest BCUT2D eigenvalue weighted by Crippen LogP contribution is 2.21. The van der Waals surface area contributed by atoms with Gasteiger partial charge in [-0.2, -0.15) is 0 Å². The fraction of sp³-hybridized carbons (Fsp3) is 0.400.